The van der Waals surface area contributed by atoms with Crippen LogP contribution in [0.4, 0.5) is 4.39 Å². The van der Waals surface area contributed by atoms with Crippen molar-refractivity contribution >= 4 is 23.0 Å². The van der Waals surface area contributed by atoms with E-state index in [0.29, 0.717) is 17.1 Å². The number of hydrogen-bond acceptors (Lipinski definition) is 1. The topological polar surface area (TPSA) is 12.4 Å². The Morgan fingerprint density at radius 1 is 1.50 bits per heavy atom. The summed E-state index contributed by atoms with van der Waals surface area (Å²) < 4.78 is 12.7. The van der Waals surface area contributed by atoms with Gasteiger partial charge in [0, 0.05) is 22.7 Å². The van der Waals surface area contributed by atoms with E-state index in [-0.39, 0.29) is 0 Å². The standard InChI is InChI=1S/C13H15ClFN/c1-9(15)8-10(2)16-11(3)12-6-4-5-7-13(12)14/h4-7,9H,3,8H2,1-2H3. The van der Waals surface area contributed by atoms with E-state index in [1.807, 2.05) is 18.2 Å². The molecule has 1 atom stereocenters. The van der Waals surface area contributed by atoms with Gasteiger partial charge in [0.15, 0.2) is 0 Å². The minimum Gasteiger partial charge on any atom is -0.258 e. The van der Waals surface area contributed by atoms with Crippen molar-refractivity contribution in [2.24, 2.45) is 4.99 Å². The predicted octanol–water partition coefficient (Wildman–Crippen LogP) is 4.52. The van der Waals surface area contributed by atoms with Crippen molar-refractivity contribution in [2.45, 2.75) is 26.4 Å². The fourth-order valence-corrected chi connectivity index (χ4v) is 1.68. The van der Waals surface area contributed by atoms with Gasteiger partial charge in [-0.3, -0.25) is 4.99 Å². The van der Waals surface area contributed by atoms with Crippen LogP contribution in [0.5, 0.6) is 0 Å². The van der Waals surface area contributed by atoms with Crippen LogP contribution in [-0.2, 0) is 0 Å². The zero-order chi connectivity index (χ0) is 12.1. The van der Waals surface area contributed by atoms with Crippen molar-refractivity contribution in [2.75, 3.05) is 0 Å². The number of alkyl halides is 1. The molecule has 0 aliphatic heterocycles. The molecule has 0 aliphatic carbocycles. The van der Waals surface area contributed by atoms with Crippen LogP contribution in [0.3, 0.4) is 0 Å². The Kier molecular flexibility index (Phi) is 4.69. The molecule has 0 bridgehead atoms. The molecule has 1 aromatic rings. The van der Waals surface area contributed by atoms with E-state index >= 15 is 0 Å². The summed E-state index contributed by atoms with van der Waals surface area (Å²) in [6.45, 7) is 7.14. The number of hydrogen-bond donors (Lipinski definition) is 0. The van der Waals surface area contributed by atoms with Crippen LogP contribution in [0, 0.1) is 0 Å². The number of rotatable bonds is 4. The van der Waals surface area contributed by atoms with Crippen molar-refractivity contribution in [1.29, 1.82) is 0 Å². The smallest absolute Gasteiger partial charge is 0.102 e. The number of aliphatic imine (C=N–C) groups is 1. The second kappa shape index (κ2) is 5.80. The van der Waals surface area contributed by atoms with Crippen molar-refractivity contribution in [3.63, 3.8) is 0 Å². The molecule has 86 valence electrons. The van der Waals surface area contributed by atoms with E-state index in [2.05, 4.69) is 11.6 Å². The Balaban J connectivity index is 2.84. The predicted molar refractivity (Wildman–Crippen MR) is 68.8 cm³/mol. The average molecular weight is 240 g/mol. The van der Waals surface area contributed by atoms with Crippen molar-refractivity contribution < 1.29 is 4.39 Å². The summed E-state index contributed by atoms with van der Waals surface area (Å²) in [5.74, 6) is 0. The van der Waals surface area contributed by atoms with Gasteiger partial charge in [0.05, 0.1) is 5.70 Å². The molecule has 0 saturated carbocycles. The average Bonchev–Trinajstić information content (AvgIpc) is 2.16. The third kappa shape index (κ3) is 3.78. The fourth-order valence-electron chi connectivity index (χ4n) is 1.44. The zero-order valence-corrected chi connectivity index (χ0v) is 10.3. The summed E-state index contributed by atoms with van der Waals surface area (Å²) >= 11 is 6.00. The van der Waals surface area contributed by atoms with Gasteiger partial charge in [0.2, 0.25) is 0 Å². The number of nitrogens with zero attached hydrogens (tertiary/aromatic N) is 1. The van der Waals surface area contributed by atoms with Gasteiger partial charge in [-0.15, -0.1) is 0 Å². The monoisotopic (exact) mass is 239 g/mol. The van der Waals surface area contributed by atoms with E-state index in [1.54, 1.807) is 13.0 Å². The lowest BCUT2D eigenvalue weighted by molar-refractivity contribution is 0.372. The molecular formula is C13H15ClFN. The lowest BCUT2D eigenvalue weighted by atomic mass is 10.1. The van der Waals surface area contributed by atoms with Crippen LogP contribution >= 0.6 is 11.6 Å². The van der Waals surface area contributed by atoms with Gasteiger partial charge < -0.3 is 0 Å². The van der Waals surface area contributed by atoms with Crippen LogP contribution in [-0.4, -0.2) is 11.9 Å². The Morgan fingerprint density at radius 2 is 2.12 bits per heavy atom. The van der Waals surface area contributed by atoms with Gasteiger partial charge in [-0.2, -0.15) is 0 Å². The molecule has 0 saturated heterocycles. The Bertz CT molecular complexity index is 410. The summed E-state index contributed by atoms with van der Waals surface area (Å²) in [7, 11) is 0. The summed E-state index contributed by atoms with van der Waals surface area (Å²) in [6.07, 6.45) is -0.563. The fraction of sp³-hybridized carbons (Fsp3) is 0.308. The number of benzene rings is 1. The summed E-state index contributed by atoms with van der Waals surface area (Å²) in [5, 5.41) is 0.609. The number of halogens is 2. The molecule has 0 heterocycles. The van der Waals surface area contributed by atoms with Crippen LogP contribution in [0.1, 0.15) is 25.8 Å². The molecule has 0 radical (unpaired) electrons. The highest BCUT2D eigenvalue weighted by atomic mass is 35.5. The third-order valence-corrected chi connectivity index (χ3v) is 2.42. The maximum atomic E-state index is 12.7. The van der Waals surface area contributed by atoms with Crippen LogP contribution in [0.25, 0.3) is 5.70 Å². The first-order valence-corrected chi connectivity index (χ1v) is 5.50. The highest BCUT2D eigenvalue weighted by Crippen LogP contribution is 2.23. The highest BCUT2D eigenvalue weighted by molar-refractivity contribution is 6.32. The minimum absolute atomic E-state index is 0.323. The minimum atomic E-state index is -0.886. The van der Waals surface area contributed by atoms with Gasteiger partial charge in [-0.25, -0.2) is 4.39 Å². The molecule has 0 aliphatic rings. The summed E-state index contributed by atoms with van der Waals surface area (Å²) in [5.41, 5.74) is 2.08. The molecule has 0 spiro atoms. The lowest BCUT2D eigenvalue weighted by Gasteiger charge is -2.06. The lowest BCUT2D eigenvalue weighted by Crippen LogP contribution is -2.01. The maximum Gasteiger partial charge on any atom is 0.102 e. The van der Waals surface area contributed by atoms with Crippen molar-refractivity contribution in [3.05, 3.63) is 41.4 Å². The molecule has 3 heteroatoms. The molecule has 16 heavy (non-hydrogen) atoms. The summed E-state index contributed by atoms with van der Waals surface area (Å²) in [6, 6.07) is 7.35. The van der Waals surface area contributed by atoms with Gasteiger partial charge in [0.1, 0.15) is 6.17 Å². The molecule has 1 aromatic carbocycles. The van der Waals surface area contributed by atoms with E-state index in [0.717, 1.165) is 11.3 Å². The molecule has 1 nitrogen and oxygen atoms in total. The van der Waals surface area contributed by atoms with Gasteiger partial charge >= 0.3 is 0 Å². The zero-order valence-electron chi connectivity index (χ0n) is 9.50. The maximum absolute atomic E-state index is 12.7. The Morgan fingerprint density at radius 3 is 2.69 bits per heavy atom. The van der Waals surface area contributed by atoms with Crippen LogP contribution < -0.4 is 0 Å². The Labute approximate surface area is 101 Å². The first kappa shape index (κ1) is 12.9. The van der Waals surface area contributed by atoms with E-state index in [4.69, 9.17) is 11.6 Å². The molecular weight excluding hydrogens is 225 g/mol. The second-order valence-corrected chi connectivity index (χ2v) is 4.17. The third-order valence-electron chi connectivity index (χ3n) is 2.09. The molecule has 0 aromatic heterocycles. The van der Waals surface area contributed by atoms with E-state index in [9.17, 15) is 4.39 Å². The van der Waals surface area contributed by atoms with Crippen LogP contribution in [0.2, 0.25) is 5.02 Å². The summed E-state index contributed by atoms with van der Waals surface area (Å²) in [4.78, 5) is 4.25. The molecule has 0 N–H and O–H groups in total. The molecule has 1 rings (SSSR count). The van der Waals surface area contributed by atoms with Gasteiger partial charge in [-0.1, -0.05) is 36.4 Å². The largest absolute Gasteiger partial charge is 0.258 e. The first-order chi connectivity index (χ1) is 7.50. The first-order valence-electron chi connectivity index (χ1n) is 5.12. The van der Waals surface area contributed by atoms with Crippen molar-refractivity contribution in [1.82, 2.24) is 0 Å². The van der Waals surface area contributed by atoms with E-state index in [1.165, 1.54) is 6.92 Å². The highest BCUT2D eigenvalue weighted by Gasteiger charge is 2.05. The molecule has 0 fully saturated rings. The normalized spacial score (nSPS) is 13.6. The second-order valence-electron chi connectivity index (χ2n) is 3.76. The van der Waals surface area contributed by atoms with Gasteiger partial charge in [-0.05, 0) is 19.9 Å². The van der Waals surface area contributed by atoms with Gasteiger partial charge in [0.25, 0.3) is 0 Å². The quantitative estimate of drug-likeness (QED) is 0.685. The Hall–Kier alpha value is -1.15. The van der Waals surface area contributed by atoms with Crippen LogP contribution in [0.15, 0.2) is 35.8 Å². The van der Waals surface area contributed by atoms with E-state index < -0.39 is 6.17 Å². The SMILES string of the molecule is C=C(N=C(C)CC(C)F)c1ccccc1Cl. The van der Waals surface area contributed by atoms with Crippen molar-refractivity contribution in [3.8, 4) is 0 Å². The molecule has 0 amide bonds. The molecule has 1 unspecified atom stereocenters.